The second-order valence-corrected chi connectivity index (χ2v) is 11.1. The lowest BCUT2D eigenvalue weighted by atomic mass is 9.78. The number of aromatic nitrogens is 3. The molecule has 9 heteroatoms. The van der Waals surface area contributed by atoms with Crippen LogP contribution in [0.4, 0.5) is 13.2 Å². The molecule has 196 valence electrons. The van der Waals surface area contributed by atoms with Gasteiger partial charge in [-0.1, -0.05) is 69.5 Å². The van der Waals surface area contributed by atoms with Crippen molar-refractivity contribution in [1.82, 2.24) is 15.0 Å². The molecule has 1 fully saturated rings. The fourth-order valence-corrected chi connectivity index (χ4v) is 5.08. The smallest absolute Gasteiger partial charge is 0.299 e. The van der Waals surface area contributed by atoms with E-state index in [-0.39, 0.29) is 42.7 Å². The second-order valence-electron chi connectivity index (χ2n) is 10.7. The Bertz CT molecular complexity index is 1370. The number of Topliss-reactive ketones (excluding diaryl/α,β-unsaturated/α-hetero) is 1. The molecular formula is C28H29ClF3N3O2. The number of H-pyrrole nitrogens is 1. The lowest BCUT2D eigenvalue weighted by Gasteiger charge is -2.30. The molecule has 0 spiro atoms. The molecule has 5 nitrogen and oxygen atoms in total. The summed E-state index contributed by atoms with van der Waals surface area (Å²) >= 11 is 6.42. The molecule has 0 bridgehead atoms. The SMILES string of the molecule is CC(C)(C)c1cccc(-c2nc(-c3cc(CCC(=O)C4(C(F)(F)F)CCCC4)ccc3Cl)[nH]c(=O)n2)c1. The highest BCUT2D eigenvalue weighted by Gasteiger charge is 2.59. The Morgan fingerprint density at radius 2 is 1.76 bits per heavy atom. The van der Waals surface area contributed by atoms with Crippen LogP contribution in [0.2, 0.25) is 5.02 Å². The summed E-state index contributed by atoms with van der Waals surface area (Å²) in [5.74, 6) is -0.350. The predicted molar refractivity (Wildman–Crippen MR) is 138 cm³/mol. The van der Waals surface area contributed by atoms with Crippen LogP contribution >= 0.6 is 11.6 Å². The molecule has 0 unspecified atom stereocenters. The quantitative estimate of drug-likeness (QED) is 0.369. The molecule has 1 aliphatic rings. The van der Waals surface area contributed by atoms with Crippen LogP contribution in [0, 0.1) is 5.41 Å². The number of alkyl halides is 3. The van der Waals surface area contributed by atoms with Crippen molar-refractivity contribution in [3.8, 4) is 22.8 Å². The Morgan fingerprint density at radius 1 is 1.05 bits per heavy atom. The third-order valence-corrected chi connectivity index (χ3v) is 7.43. The summed E-state index contributed by atoms with van der Waals surface area (Å²) < 4.78 is 41.3. The van der Waals surface area contributed by atoms with Gasteiger partial charge in [0, 0.05) is 17.5 Å². The average Bonchev–Trinajstić information content (AvgIpc) is 3.34. The first-order valence-electron chi connectivity index (χ1n) is 12.3. The number of nitrogens with zero attached hydrogens (tertiary/aromatic N) is 2. The average molecular weight is 532 g/mol. The number of carbonyl (C=O) groups is 1. The van der Waals surface area contributed by atoms with Crippen molar-refractivity contribution in [2.24, 2.45) is 5.41 Å². The Hall–Kier alpha value is -3.00. The maximum atomic E-state index is 13.8. The van der Waals surface area contributed by atoms with E-state index in [1.165, 1.54) is 0 Å². The van der Waals surface area contributed by atoms with Crippen molar-refractivity contribution in [3.05, 3.63) is 69.1 Å². The van der Waals surface area contributed by atoms with Crippen LogP contribution in [0.25, 0.3) is 22.8 Å². The lowest BCUT2D eigenvalue weighted by Crippen LogP contribution is -2.42. The molecule has 1 aromatic heterocycles. The fraction of sp³-hybridized carbons (Fsp3) is 0.429. The standard InChI is InChI=1S/C28H29ClF3N3O2/c1-26(2,3)19-8-6-7-18(16-19)23-33-24(35-25(37)34-23)20-15-17(9-11-21(20)29)10-12-22(36)27(28(30,31)32)13-4-5-14-27/h6-9,11,15-16H,4-5,10,12-14H2,1-3H3,(H,33,34,35,37). The number of nitrogens with one attached hydrogen (secondary N) is 1. The van der Waals surface area contributed by atoms with Gasteiger partial charge in [-0.3, -0.25) is 9.78 Å². The topological polar surface area (TPSA) is 75.7 Å². The Balaban J connectivity index is 1.63. The molecule has 4 rings (SSSR count). The summed E-state index contributed by atoms with van der Waals surface area (Å²) in [5, 5.41) is 0.307. The third-order valence-electron chi connectivity index (χ3n) is 7.10. The van der Waals surface area contributed by atoms with Crippen LogP contribution in [0.1, 0.15) is 64.0 Å². The normalized spacial score (nSPS) is 15.6. The first-order valence-corrected chi connectivity index (χ1v) is 12.7. The van der Waals surface area contributed by atoms with Gasteiger partial charge in [0.05, 0.1) is 5.02 Å². The Morgan fingerprint density at radius 3 is 2.41 bits per heavy atom. The van der Waals surface area contributed by atoms with Gasteiger partial charge in [0.25, 0.3) is 0 Å². The van der Waals surface area contributed by atoms with E-state index < -0.39 is 23.1 Å². The van der Waals surface area contributed by atoms with Crippen LogP contribution in [-0.4, -0.2) is 26.9 Å². The predicted octanol–water partition coefficient (Wildman–Crippen LogP) is 7.07. The monoisotopic (exact) mass is 531 g/mol. The minimum atomic E-state index is -4.55. The zero-order valence-electron chi connectivity index (χ0n) is 21.0. The molecule has 3 aromatic rings. The van der Waals surface area contributed by atoms with E-state index in [4.69, 9.17) is 11.6 Å². The maximum Gasteiger partial charge on any atom is 0.401 e. The number of ketones is 1. The zero-order valence-corrected chi connectivity index (χ0v) is 21.8. The number of hydrogen-bond donors (Lipinski definition) is 1. The Labute approximate surface area is 218 Å². The first kappa shape index (κ1) is 27.0. The van der Waals surface area contributed by atoms with Crippen molar-refractivity contribution >= 4 is 17.4 Å². The van der Waals surface area contributed by atoms with Crippen molar-refractivity contribution in [2.45, 2.75) is 70.9 Å². The number of aryl methyl sites for hydroxylation is 1. The fourth-order valence-electron chi connectivity index (χ4n) is 4.87. The number of hydrogen-bond acceptors (Lipinski definition) is 4. The van der Waals surface area contributed by atoms with E-state index in [0.29, 0.717) is 34.6 Å². The van der Waals surface area contributed by atoms with Gasteiger partial charge in [-0.05, 0) is 54.0 Å². The third kappa shape index (κ3) is 5.64. The van der Waals surface area contributed by atoms with Gasteiger partial charge < -0.3 is 0 Å². The summed E-state index contributed by atoms with van der Waals surface area (Å²) in [6, 6.07) is 12.5. The highest BCUT2D eigenvalue weighted by atomic mass is 35.5. The number of aromatic amines is 1. The molecule has 0 aliphatic heterocycles. The highest BCUT2D eigenvalue weighted by Crippen LogP contribution is 2.51. The van der Waals surface area contributed by atoms with Gasteiger partial charge in [-0.2, -0.15) is 18.2 Å². The number of carbonyl (C=O) groups excluding carboxylic acids is 1. The number of halogens is 4. The van der Waals surface area contributed by atoms with Crippen LogP contribution < -0.4 is 5.69 Å². The molecule has 1 N–H and O–H groups in total. The van der Waals surface area contributed by atoms with Gasteiger partial charge in [0.2, 0.25) is 0 Å². The minimum Gasteiger partial charge on any atom is -0.299 e. The molecule has 1 aliphatic carbocycles. The van der Waals surface area contributed by atoms with Crippen LogP contribution in [0.3, 0.4) is 0 Å². The van der Waals surface area contributed by atoms with Crippen molar-refractivity contribution in [1.29, 1.82) is 0 Å². The second kappa shape index (κ2) is 10.0. The van der Waals surface area contributed by atoms with Gasteiger partial charge in [0.15, 0.2) is 5.82 Å². The van der Waals surface area contributed by atoms with Gasteiger partial charge in [0.1, 0.15) is 17.0 Å². The zero-order chi connectivity index (χ0) is 27.0. The molecule has 0 amide bonds. The molecular weight excluding hydrogens is 503 g/mol. The van der Waals surface area contributed by atoms with Crippen LogP contribution in [0.15, 0.2) is 47.3 Å². The van der Waals surface area contributed by atoms with Crippen molar-refractivity contribution in [3.63, 3.8) is 0 Å². The number of rotatable bonds is 6. The molecule has 2 aromatic carbocycles. The minimum absolute atomic E-state index is 0.113. The van der Waals surface area contributed by atoms with E-state index in [1.807, 2.05) is 24.3 Å². The molecule has 1 heterocycles. The van der Waals surface area contributed by atoms with Crippen LogP contribution in [-0.2, 0) is 16.6 Å². The molecule has 37 heavy (non-hydrogen) atoms. The molecule has 0 radical (unpaired) electrons. The van der Waals surface area contributed by atoms with E-state index in [1.54, 1.807) is 18.2 Å². The highest BCUT2D eigenvalue weighted by molar-refractivity contribution is 6.33. The van der Waals surface area contributed by atoms with Crippen LogP contribution in [0.5, 0.6) is 0 Å². The number of benzene rings is 2. The molecule has 1 saturated carbocycles. The maximum absolute atomic E-state index is 13.8. The van der Waals surface area contributed by atoms with Gasteiger partial charge in [-0.15, -0.1) is 0 Å². The van der Waals surface area contributed by atoms with Gasteiger partial charge in [-0.25, -0.2) is 9.78 Å². The summed E-state index contributed by atoms with van der Waals surface area (Å²) in [7, 11) is 0. The van der Waals surface area contributed by atoms with E-state index in [2.05, 4.69) is 35.7 Å². The summed E-state index contributed by atoms with van der Waals surface area (Å²) in [5.41, 5.74) is -0.198. The van der Waals surface area contributed by atoms with E-state index >= 15 is 0 Å². The van der Waals surface area contributed by atoms with Gasteiger partial charge >= 0.3 is 11.9 Å². The van der Waals surface area contributed by atoms with E-state index in [0.717, 1.165) is 5.56 Å². The summed E-state index contributed by atoms with van der Waals surface area (Å²) in [4.78, 5) is 36.3. The van der Waals surface area contributed by atoms with Crippen molar-refractivity contribution in [2.75, 3.05) is 0 Å². The Kier molecular flexibility index (Phi) is 7.34. The summed E-state index contributed by atoms with van der Waals surface area (Å²) in [6.07, 6.45) is -4.16. The molecule has 0 saturated heterocycles. The first-order chi connectivity index (χ1) is 17.3. The van der Waals surface area contributed by atoms with E-state index in [9.17, 15) is 22.8 Å². The molecule has 0 atom stereocenters. The lowest BCUT2D eigenvalue weighted by molar-refractivity contribution is -0.218. The summed E-state index contributed by atoms with van der Waals surface area (Å²) in [6.45, 7) is 6.24. The van der Waals surface area contributed by atoms with Crippen molar-refractivity contribution < 1.29 is 18.0 Å². The largest absolute Gasteiger partial charge is 0.401 e.